The molecule has 2 atom stereocenters. The number of benzene rings is 1. The molecule has 3 heteroatoms. The van der Waals surface area contributed by atoms with Gasteiger partial charge in [-0.05, 0) is 42.7 Å². The van der Waals surface area contributed by atoms with E-state index in [9.17, 15) is 9.90 Å². The minimum atomic E-state index is 0.0848. The van der Waals surface area contributed by atoms with Gasteiger partial charge in [-0.3, -0.25) is 4.79 Å². The number of nitrogens with one attached hydrogen (secondary N) is 1. The van der Waals surface area contributed by atoms with Gasteiger partial charge in [-0.15, -0.1) is 0 Å². The summed E-state index contributed by atoms with van der Waals surface area (Å²) < 4.78 is 0. The van der Waals surface area contributed by atoms with Crippen molar-refractivity contribution in [1.82, 2.24) is 5.32 Å². The minimum Gasteiger partial charge on any atom is -0.396 e. The predicted molar refractivity (Wildman–Crippen MR) is 80.4 cm³/mol. The third kappa shape index (κ3) is 4.07. The molecule has 1 aromatic rings. The van der Waals surface area contributed by atoms with Gasteiger partial charge >= 0.3 is 0 Å². The number of amides is 1. The van der Waals surface area contributed by atoms with Gasteiger partial charge < -0.3 is 10.4 Å². The zero-order valence-corrected chi connectivity index (χ0v) is 12.3. The van der Waals surface area contributed by atoms with E-state index >= 15 is 0 Å². The lowest BCUT2D eigenvalue weighted by atomic mass is 9.79. The maximum atomic E-state index is 12.0. The normalized spacial score (nSPS) is 22.5. The van der Waals surface area contributed by atoms with Crippen molar-refractivity contribution >= 4 is 5.91 Å². The van der Waals surface area contributed by atoms with Crippen LogP contribution in [0.2, 0.25) is 0 Å². The zero-order valence-electron chi connectivity index (χ0n) is 12.3. The molecule has 2 N–H and O–H groups in total. The molecular formula is C17H25NO2. The Hall–Kier alpha value is -1.35. The van der Waals surface area contributed by atoms with E-state index in [4.69, 9.17) is 0 Å². The molecule has 1 aromatic carbocycles. The van der Waals surface area contributed by atoms with Crippen molar-refractivity contribution in [1.29, 1.82) is 0 Å². The molecule has 1 aliphatic rings. The van der Waals surface area contributed by atoms with Gasteiger partial charge in [0.1, 0.15) is 0 Å². The number of aliphatic hydroxyl groups is 1. The highest BCUT2D eigenvalue weighted by atomic mass is 16.3. The lowest BCUT2D eigenvalue weighted by molar-refractivity contribution is -0.120. The number of carbonyl (C=O) groups is 1. The molecular weight excluding hydrogens is 250 g/mol. The largest absolute Gasteiger partial charge is 0.396 e. The fraction of sp³-hybridized carbons (Fsp3) is 0.588. The van der Waals surface area contributed by atoms with Crippen LogP contribution in [-0.4, -0.2) is 24.2 Å². The molecule has 0 heterocycles. The number of hydrogen-bond donors (Lipinski definition) is 2. The summed E-state index contributed by atoms with van der Waals surface area (Å²) in [5.74, 6) is 0.888. The molecule has 1 saturated carbocycles. The van der Waals surface area contributed by atoms with Crippen LogP contribution in [0, 0.1) is 18.8 Å². The van der Waals surface area contributed by atoms with Crippen molar-refractivity contribution in [2.75, 3.05) is 13.2 Å². The summed E-state index contributed by atoms with van der Waals surface area (Å²) in [6.45, 7) is 2.99. The van der Waals surface area contributed by atoms with E-state index in [1.165, 1.54) is 12.8 Å². The second kappa shape index (κ2) is 7.44. The van der Waals surface area contributed by atoms with Gasteiger partial charge in [0.05, 0.1) is 6.42 Å². The highest BCUT2D eigenvalue weighted by Crippen LogP contribution is 2.29. The van der Waals surface area contributed by atoms with E-state index in [2.05, 4.69) is 5.32 Å². The zero-order chi connectivity index (χ0) is 14.4. The van der Waals surface area contributed by atoms with Gasteiger partial charge in [-0.1, -0.05) is 37.1 Å². The van der Waals surface area contributed by atoms with E-state index in [-0.39, 0.29) is 12.5 Å². The molecule has 0 radical (unpaired) electrons. The van der Waals surface area contributed by atoms with E-state index in [0.717, 1.165) is 24.0 Å². The summed E-state index contributed by atoms with van der Waals surface area (Å²) in [5.41, 5.74) is 2.25. The van der Waals surface area contributed by atoms with Gasteiger partial charge in [0, 0.05) is 13.2 Å². The van der Waals surface area contributed by atoms with Crippen molar-refractivity contribution in [2.24, 2.45) is 11.8 Å². The van der Waals surface area contributed by atoms with Crippen LogP contribution in [0.25, 0.3) is 0 Å². The highest BCUT2D eigenvalue weighted by Gasteiger charge is 2.24. The predicted octanol–water partition coefficient (Wildman–Crippen LogP) is 2.45. The minimum absolute atomic E-state index is 0.0848. The van der Waals surface area contributed by atoms with Gasteiger partial charge in [-0.2, -0.15) is 0 Å². The number of rotatable bonds is 5. The van der Waals surface area contributed by atoms with Crippen LogP contribution in [0.4, 0.5) is 0 Å². The van der Waals surface area contributed by atoms with E-state index in [1.807, 2.05) is 31.2 Å². The molecule has 0 saturated heterocycles. The summed E-state index contributed by atoms with van der Waals surface area (Å²) in [6.07, 6.45) is 5.08. The van der Waals surface area contributed by atoms with E-state index in [1.54, 1.807) is 0 Å². The second-order valence-corrected chi connectivity index (χ2v) is 5.89. The van der Waals surface area contributed by atoms with Gasteiger partial charge in [-0.25, -0.2) is 0 Å². The molecule has 2 rings (SSSR count). The van der Waals surface area contributed by atoms with Crippen LogP contribution in [-0.2, 0) is 11.2 Å². The summed E-state index contributed by atoms with van der Waals surface area (Å²) in [4.78, 5) is 12.0. The molecule has 0 aromatic heterocycles. The molecule has 0 spiro atoms. The average molecular weight is 275 g/mol. The smallest absolute Gasteiger partial charge is 0.224 e. The molecule has 1 fully saturated rings. The maximum absolute atomic E-state index is 12.0. The molecule has 3 nitrogen and oxygen atoms in total. The van der Waals surface area contributed by atoms with E-state index < -0.39 is 0 Å². The average Bonchev–Trinajstić information content (AvgIpc) is 2.48. The Balaban J connectivity index is 1.81. The van der Waals surface area contributed by atoms with Crippen molar-refractivity contribution in [3.63, 3.8) is 0 Å². The summed E-state index contributed by atoms with van der Waals surface area (Å²) in [6, 6.07) is 8.00. The van der Waals surface area contributed by atoms with Crippen LogP contribution in [0.3, 0.4) is 0 Å². The van der Waals surface area contributed by atoms with Crippen molar-refractivity contribution in [2.45, 2.75) is 39.0 Å². The van der Waals surface area contributed by atoms with Gasteiger partial charge in [0.2, 0.25) is 5.91 Å². The third-order valence-corrected chi connectivity index (χ3v) is 4.47. The Kier molecular flexibility index (Phi) is 5.60. The fourth-order valence-electron chi connectivity index (χ4n) is 3.08. The Morgan fingerprint density at radius 2 is 1.95 bits per heavy atom. The van der Waals surface area contributed by atoms with Gasteiger partial charge in [0.15, 0.2) is 0 Å². The molecule has 0 bridgehead atoms. The number of aryl methyl sites for hydroxylation is 1. The SMILES string of the molecule is Cc1ccccc1CC(=O)NCC1CCCCC1CO. The lowest BCUT2D eigenvalue weighted by Crippen LogP contribution is -2.36. The first-order valence-electron chi connectivity index (χ1n) is 7.62. The molecule has 1 amide bonds. The second-order valence-electron chi connectivity index (χ2n) is 5.89. The van der Waals surface area contributed by atoms with Crippen LogP contribution >= 0.6 is 0 Å². The molecule has 110 valence electrons. The topological polar surface area (TPSA) is 49.3 Å². The lowest BCUT2D eigenvalue weighted by Gasteiger charge is -2.30. The summed E-state index contributed by atoms with van der Waals surface area (Å²) in [7, 11) is 0. The molecule has 1 aliphatic carbocycles. The van der Waals surface area contributed by atoms with Gasteiger partial charge in [0.25, 0.3) is 0 Å². The van der Waals surface area contributed by atoms with Crippen LogP contribution in [0.5, 0.6) is 0 Å². The van der Waals surface area contributed by atoms with Crippen LogP contribution in [0.1, 0.15) is 36.8 Å². The van der Waals surface area contributed by atoms with Crippen molar-refractivity contribution in [3.8, 4) is 0 Å². The van der Waals surface area contributed by atoms with E-state index in [0.29, 0.717) is 24.8 Å². The summed E-state index contributed by atoms with van der Waals surface area (Å²) in [5, 5.41) is 12.4. The Morgan fingerprint density at radius 1 is 1.25 bits per heavy atom. The first kappa shape index (κ1) is 15.0. The number of hydrogen-bond acceptors (Lipinski definition) is 2. The quantitative estimate of drug-likeness (QED) is 0.867. The van der Waals surface area contributed by atoms with Crippen LogP contribution in [0.15, 0.2) is 24.3 Å². The highest BCUT2D eigenvalue weighted by molar-refractivity contribution is 5.78. The van der Waals surface area contributed by atoms with Crippen molar-refractivity contribution < 1.29 is 9.90 Å². The first-order valence-corrected chi connectivity index (χ1v) is 7.62. The Morgan fingerprint density at radius 3 is 2.65 bits per heavy atom. The van der Waals surface area contributed by atoms with Crippen LogP contribution < -0.4 is 5.32 Å². The maximum Gasteiger partial charge on any atom is 0.224 e. The summed E-state index contributed by atoms with van der Waals surface area (Å²) >= 11 is 0. The molecule has 2 unspecified atom stereocenters. The number of carbonyl (C=O) groups excluding carboxylic acids is 1. The monoisotopic (exact) mass is 275 g/mol. The number of aliphatic hydroxyl groups excluding tert-OH is 1. The fourth-order valence-corrected chi connectivity index (χ4v) is 3.08. The molecule has 0 aliphatic heterocycles. The Bertz CT molecular complexity index is 444. The Labute approximate surface area is 121 Å². The standard InChI is InChI=1S/C17H25NO2/c1-13-6-2-3-7-14(13)10-17(20)18-11-15-8-4-5-9-16(15)12-19/h2-3,6-7,15-16,19H,4-5,8-12H2,1H3,(H,18,20). The van der Waals surface area contributed by atoms with Crippen molar-refractivity contribution in [3.05, 3.63) is 35.4 Å². The third-order valence-electron chi connectivity index (χ3n) is 4.47. The first-order chi connectivity index (χ1) is 9.70. The molecule has 20 heavy (non-hydrogen) atoms.